The standard InChI is InChI=1S/C30H40O7/c1-5-10-23-25(17-14-22(20(3)31)28(23)32)35-18-8-7-9-19-36-26-15-12-21-13-16-27(30(33)34-4)37-29(21)24(26)11-6-2/h12,14-15,17,27,32H,5-11,13,16,18-19H2,1-4H3. The molecular formula is C30H40O7. The second-order valence-electron chi connectivity index (χ2n) is 9.45. The Bertz CT molecular complexity index is 1080. The van der Waals surface area contributed by atoms with Crippen molar-refractivity contribution in [1.29, 1.82) is 0 Å². The molecule has 1 atom stereocenters. The number of carbonyl (C=O) groups is 2. The molecule has 2 aromatic rings. The van der Waals surface area contributed by atoms with Gasteiger partial charge in [-0.25, -0.2) is 4.79 Å². The average Bonchev–Trinajstić information content (AvgIpc) is 2.90. The predicted octanol–water partition coefficient (Wildman–Crippen LogP) is 5.99. The number of phenolic OH excluding ortho intramolecular Hbond substituents is 1. The van der Waals surface area contributed by atoms with E-state index in [-0.39, 0.29) is 17.5 Å². The fourth-order valence-electron chi connectivity index (χ4n) is 4.68. The first-order valence-electron chi connectivity index (χ1n) is 13.4. The number of aryl methyl sites for hydroxylation is 1. The molecule has 0 bridgehead atoms. The average molecular weight is 513 g/mol. The number of phenols is 1. The van der Waals surface area contributed by atoms with Crippen LogP contribution in [0, 0.1) is 0 Å². The van der Waals surface area contributed by atoms with Crippen LogP contribution in [0.2, 0.25) is 0 Å². The van der Waals surface area contributed by atoms with Crippen molar-refractivity contribution < 1.29 is 33.6 Å². The van der Waals surface area contributed by atoms with Crippen molar-refractivity contribution in [2.75, 3.05) is 20.3 Å². The molecule has 202 valence electrons. The minimum absolute atomic E-state index is 0.0371. The van der Waals surface area contributed by atoms with Crippen molar-refractivity contribution in [2.24, 2.45) is 0 Å². The third-order valence-corrected chi connectivity index (χ3v) is 6.62. The summed E-state index contributed by atoms with van der Waals surface area (Å²) in [7, 11) is 1.39. The van der Waals surface area contributed by atoms with Crippen LogP contribution in [-0.2, 0) is 28.8 Å². The lowest BCUT2D eigenvalue weighted by molar-refractivity contribution is -0.149. The Morgan fingerprint density at radius 2 is 1.57 bits per heavy atom. The summed E-state index contributed by atoms with van der Waals surface area (Å²) in [5, 5.41) is 10.5. The van der Waals surface area contributed by atoms with Gasteiger partial charge in [-0.2, -0.15) is 0 Å². The number of ketones is 1. The summed E-state index contributed by atoms with van der Waals surface area (Å²) < 4.78 is 23.0. The van der Waals surface area contributed by atoms with E-state index in [0.717, 1.165) is 67.6 Å². The van der Waals surface area contributed by atoms with E-state index in [4.69, 9.17) is 18.9 Å². The molecule has 3 rings (SSSR count). The number of fused-ring (bicyclic) bond motifs is 1. The van der Waals surface area contributed by atoms with E-state index in [1.807, 2.05) is 19.1 Å². The highest BCUT2D eigenvalue weighted by Crippen LogP contribution is 2.38. The normalized spacial score (nSPS) is 14.4. The third-order valence-electron chi connectivity index (χ3n) is 6.62. The van der Waals surface area contributed by atoms with Gasteiger partial charge in [0.15, 0.2) is 11.9 Å². The Morgan fingerprint density at radius 1 is 0.946 bits per heavy atom. The molecule has 0 aliphatic carbocycles. The van der Waals surface area contributed by atoms with Crippen LogP contribution in [0.1, 0.15) is 86.3 Å². The van der Waals surface area contributed by atoms with E-state index >= 15 is 0 Å². The van der Waals surface area contributed by atoms with Crippen molar-refractivity contribution >= 4 is 11.8 Å². The highest BCUT2D eigenvalue weighted by atomic mass is 16.6. The summed E-state index contributed by atoms with van der Waals surface area (Å²) in [5.74, 6) is 1.77. The number of benzene rings is 2. The number of methoxy groups -OCH3 is 1. The highest BCUT2D eigenvalue weighted by molar-refractivity contribution is 5.97. The van der Waals surface area contributed by atoms with Gasteiger partial charge >= 0.3 is 5.97 Å². The molecule has 0 saturated heterocycles. The molecule has 1 N–H and O–H groups in total. The second-order valence-corrected chi connectivity index (χ2v) is 9.45. The molecule has 37 heavy (non-hydrogen) atoms. The molecule has 1 heterocycles. The van der Waals surface area contributed by atoms with Crippen molar-refractivity contribution in [3.8, 4) is 23.0 Å². The van der Waals surface area contributed by atoms with Crippen molar-refractivity contribution in [1.82, 2.24) is 0 Å². The van der Waals surface area contributed by atoms with Gasteiger partial charge in [0.2, 0.25) is 0 Å². The topological polar surface area (TPSA) is 91.3 Å². The Labute approximate surface area is 220 Å². The lowest BCUT2D eigenvalue weighted by Gasteiger charge is -2.27. The second kappa shape index (κ2) is 13.9. The maximum absolute atomic E-state index is 12.0. The quantitative estimate of drug-likeness (QED) is 0.189. The number of esters is 1. The molecule has 0 spiro atoms. The van der Waals surface area contributed by atoms with Gasteiger partial charge in [-0.1, -0.05) is 32.8 Å². The first-order valence-corrected chi connectivity index (χ1v) is 13.4. The molecule has 0 amide bonds. The molecule has 0 aromatic heterocycles. The molecule has 7 heteroatoms. The maximum atomic E-state index is 12.0. The van der Waals surface area contributed by atoms with E-state index in [9.17, 15) is 14.7 Å². The van der Waals surface area contributed by atoms with Gasteiger partial charge in [-0.15, -0.1) is 0 Å². The van der Waals surface area contributed by atoms with E-state index in [1.165, 1.54) is 14.0 Å². The smallest absolute Gasteiger partial charge is 0.347 e. The van der Waals surface area contributed by atoms with Gasteiger partial charge in [0.05, 0.1) is 25.9 Å². The van der Waals surface area contributed by atoms with Gasteiger partial charge in [0.1, 0.15) is 23.0 Å². The van der Waals surface area contributed by atoms with Crippen molar-refractivity contribution in [3.63, 3.8) is 0 Å². The van der Waals surface area contributed by atoms with E-state index in [0.29, 0.717) is 42.9 Å². The van der Waals surface area contributed by atoms with Crippen LogP contribution < -0.4 is 14.2 Å². The molecular weight excluding hydrogens is 472 g/mol. The largest absolute Gasteiger partial charge is 0.507 e. The number of hydrogen-bond donors (Lipinski definition) is 1. The Kier molecular flexibility index (Phi) is 10.7. The molecule has 1 aliphatic heterocycles. The van der Waals surface area contributed by atoms with Crippen LogP contribution in [0.15, 0.2) is 24.3 Å². The Morgan fingerprint density at radius 3 is 2.19 bits per heavy atom. The van der Waals surface area contributed by atoms with Gasteiger partial charge in [0, 0.05) is 11.1 Å². The summed E-state index contributed by atoms with van der Waals surface area (Å²) in [6, 6.07) is 7.46. The summed E-state index contributed by atoms with van der Waals surface area (Å²) in [6.45, 7) is 6.70. The van der Waals surface area contributed by atoms with E-state index in [2.05, 4.69) is 6.92 Å². The first kappa shape index (κ1) is 28.4. The van der Waals surface area contributed by atoms with Gasteiger partial charge in [-0.05, 0) is 75.6 Å². The van der Waals surface area contributed by atoms with Crippen molar-refractivity contribution in [3.05, 3.63) is 46.5 Å². The molecule has 0 saturated carbocycles. The molecule has 1 aliphatic rings. The molecule has 2 aromatic carbocycles. The number of aromatic hydroxyl groups is 1. The van der Waals surface area contributed by atoms with Crippen LogP contribution in [0.25, 0.3) is 0 Å². The van der Waals surface area contributed by atoms with E-state index in [1.54, 1.807) is 12.1 Å². The van der Waals surface area contributed by atoms with Crippen LogP contribution in [0.5, 0.6) is 23.0 Å². The molecule has 1 unspecified atom stereocenters. The number of hydrogen-bond acceptors (Lipinski definition) is 7. The third kappa shape index (κ3) is 7.18. The van der Waals surface area contributed by atoms with Gasteiger partial charge in [0.25, 0.3) is 0 Å². The van der Waals surface area contributed by atoms with Crippen molar-refractivity contribution in [2.45, 2.75) is 84.7 Å². The number of carbonyl (C=O) groups excluding carboxylic acids is 2. The Hall–Kier alpha value is -3.22. The molecule has 0 radical (unpaired) electrons. The zero-order valence-corrected chi connectivity index (χ0v) is 22.6. The lowest BCUT2D eigenvalue weighted by Crippen LogP contribution is -2.32. The monoisotopic (exact) mass is 512 g/mol. The zero-order chi connectivity index (χ0) is 26.8. The van der Waals surface area contributed by atoms with Crippen LogP contribution >= 0.6 is 0 Å². The number of ether oxygens (including phenoxy) is 4. The van der Waals surface area contributed by atoms with Gasteiger partial charge in [-0.3, -0.25) is 4.79 Å². The first-order chi connectivity index (χ1) is 17.9. The molecule has 7 nitrogen and oxygen atoms in total. The maximum Gasteiger partial charge on any atom is 0.347 e. The summed E-state index contributed by atoms with van der Waals surface area (Å²) in [5.41, 5.74) is 3.17. The number of Topliss-reactive ketones (excluding diaryl/α,β-unsaturated/α-hetero) is 1. The van der Waals surface area contributed by atoms with Crippen LogP contribution in [0.4, 0.5) is 0 Å². The number of unbranched alkanes of at least 4 members (excludes halogenated alkanes) is 2. The van der Waals surface area contributed by atoms with Crippen LogP contribution in [0.3, 0.4) is 0 Å². The predicted molar refractivity (Wildman–Crippen MR) is 142 cm³/mol. The number of rotatable bonds is 14. The van der Waals surface area contributed by atoms with E-state index < -0.39 is 6.10 Å². The zero-order valence-electron chi connectivity index (χ0n) is 22.6. The highest BCUT2D eigenvalue weighted by Gasteiger charge is 2.29. The van der Waals surface area contributed by atoms with Gasteiger partial charge < -0.3 is 24.1 Å². The van der Waals surface area contributed by atoms with Crippen LogP contribution in [-0.4, -0.2) is 43.3 Å². The summed E-state index contributed by atoms with van der Waals surface area (Å²) in [4.78, 5) is 23.8. The fourth-order valence-corrected chi connectivity index (χ4v) is 4.68. The molecule has 0 fully saturated rings. The fraction of sp³-hybridized carbons (Fsp3) is 0.533. The minimum Gasteiger partial charge on any atom is -0.507 e. The summed E-state index contributed by atoms with van der Waals surface area (Å²) in [6.07, 6.45) is 6.73. The minimum atomic E-state index is -0.568. The lowest BCUT2D eigenvalue weighted by atomic mass is 9.96. The SMILES string of the molecule is CCCc1c(OCCCCCOc2ccc3c(c2CCC)OC(C(=O)OC)CC3)ccc(C(C)=O)c1O. The summed E-state index contributed by atoms with van der Waals surface area (Å²) >= 11 is 0. The Balaban J connectivity index is 1.51.